The van der Waals surface area contributed by atoms with Crippen LogP contribution in [0.5, 0.6) is 0 Å². The van der Waals surface area contributed by atoms with Gasteiger partial charge in [0.15, 0.2) is 0 Å². The molecule has 3 rings (SSSR count). The molecule has 1 aliphatic rings. The van der Waals surface area contributed by atoms with Gasteiger partial charge in [-0.3, -0.25) is 4.79 Å². The highest BCUT2D eigenvalue weighted by atomic mass is 16.7. The number of aliphatic hydroxyl groups excluding tert-OH is 1. The van der Waals surface area contributed by atoms with Crippen LogP contribution in [0.4, 0.5) is 0 Å². The number of carbonyl (C=O) groups is 4. The van der Waals surface area contributed by atoms with Gasteiger partial charge in [0.05, 0.1) is 5.56 Å². The number of Topliss-reactive ketones (excluding diaryl/α,β-unsaturated/α-hetero) is 1. The van der Waals surface area contributed by atoms with Crippen molar-refractivity contribution in [3.8, 4) is 0 Å². The van der Waals surface area contributed by atoms with Crippen molar-refractivity contribution >= 4 is 23.7 Å². The van der Waals surface area contributed by atoms with Crippen molar-refractivity contribution in [1.29, 1.82) is 0 Å². The normalized spacial score (nSPS) is 22.4. The van der Waals surface area contributed by atoms with Crippen LogP contribution in [-0.2, 0) is 19.1 Å². The molecule has 2 atom stereocenters. The first-order chi connectivity index (χ1) is 12.0. The summed E-state index contributed by atoms with van der Waals surface area (Å²) in [6.45, 7) is 0. The number of benzene rings is 2. The Hall–Kier alpha value is -3.32. The molecule has 0 saturated carbocycles. The number of aliphatic hydroxyl groups is 1. The second kappa shape index (κ2) is 6.29. The van der Waals surface area contributed by atoms with Gasteiger partial charge in [-0.2, -0.15) is 0 Å². The molecule has 7 nitrogen and oxygen atoms in total. The summed E-state index contributed by atoms with van der Waals surface area (Å²) in [4.78, 5) is 49.0. The van der Waals surface area contributed by atoms with Crippen molar-refractivity contribution < 1.29 is 33.8 Å². The fourth-order valence-corrected chi connectivity index (χ4v) is 2.44. The predicted molar refractivity (Wildman–Crippen MR) is 82.5 cm³/mol. The van der Waals surface area contributed by atoms with E-state index in [9.17, 15) is 24.3 Å². The molecule has 1 fully saturated rings. The van der Waals surface area contributed by atoms with E-state index in [2.05, 4.69) is 4.74 Å². The van der Waals surface area contributed by atoms with E-state index in [1.54, 1.807) is 24.3 Å². The number of rotatable bonds is 4. The van der Waals surface area contributed by atoms with E-state index in [4.69, 9.17) is 4.74 Å². The molecular weight excluding hydrogens is 328 g/mol. The number of cyclic esters (lactones) is 2. The third-order valence-corrected chi connectivity index (χ3v) is 3.74. The van der Waals surface area contributed by atoms with Crippen LogP contribution >= 0.6 is 0 Å². The minimum Gasteiger partial charge on any atom is -0.431 e. The summed E-state index contributed by atoms with van der Waals surface area (Å²) in [5, 5.41) is 10.1. The standard InChI is InChI=1S/C18H12O7/c19-13(11-7-3-1-4-8-11)18(14(20)16(22)24-17(18)23)25-15(21)12-9-5-2-6-10-12/h1-10,14,20H/t14-,18+/m1/s1. The van der Waals surface area contributed by atoms with Crippen molar-refractivity contribution in [2.45, 2.75) is 11.7 Å². The molecule has 1 aliphatic heterocycles. The van der Waals surface area contributed by atoms with E-state index in [1.165, 1.54) is 36.4 Å². The summed E-state index contributed by atoms with van der Waals surface area (Å²) in [5.41, 5.74) is -2.75. The Labute approximate surface area is 141 Å². The van der Waals surface area contributed by atoms with E-state index in [1.807, 2.05) is 0 Å². The molecule has 0 bridgehead atoms. The fourth-order valence-electron chi connectivity index (χ4n) is 2.44. The van der Waals surface area contributed by atoms with Crippen molar-refractivity contribution in [3.05, 3.63) is 71.8 Å². The lowest BCUT2D eigenvalue weighted by molar-refractivity contribution is -0.157. The molecule has 0 radical (unpaired) electrons. The molecule has 1 saturated heterocycles. The molecule has 0 spiro atoms. The quantitative estimate of drug-likeness (QED) is 0.501. The van der Waals surface area contributed by atoms with Crippen molar-refractivity contribution in [2.75, 3.05) is 0 Å². The summed E-state index contributed by atoms with van der Waals surface area (Å²) in [6.07, 6.45) is -2.25. The van der Waals surface area contributed by atoms with Gasteiger partial charge in [-0.1, -0.05) is 48.5 Å². The van der Waals surface area contributed by atoms with Gasteiger partial charge in [-0.05, 0) is 12.1 Å². The van der Waals surface area contributed by atoms with Crippen molar-refractivity contribution in [2.24, 2.45) is 0 Å². The molecule has 1 heterocycles. The largest absolute Gasteiger partial charge is 0.431 e. The zero-order valence-electron chi connectivity index (χ0n) is 12.7. The van der Waals surface area contributed by atoms with Gasteiger partial charge < -0.3 is 14.6 Å². The van der Waals surface area contributed by atoms with Crippen LogP contribution in [0.1, 0.15) is 20.7 Å². The van der Waals surface area contributed by atoms with Gasteiger partial charge >= 0.3 is 23.5 Å². The number of hydrogen-bond acceptors (Lipinski definition) is 7. The summed E-state index contributed by atoms with van der Waals surface area (Å²) in [6, 6.07) is 15.0. The first kappa shape index (κ1) is 16.5. The molecule has 25 heavy (non-hydrogen) atoms. The minimum absolute atomic E-state index is 0.0194. The van der Waals surface area contributed by atoms with E-state index in [-0.39, 0.29) is 11.1 Å². The fraction of sp³-hybridized carbons (Fsp3) is 0.111. The first-order valence-electron chi connectivity index (χ1n) is 7.29. The second-order valence-corrected chi connectivity index (χ2v) is 5.30. The lowest BCUT2D eigenvalue weighted by Crippen LogP contribution is -2.55. The smallest absolute Gasteiger partial charge is 0.370 e. The molecule has 1 N–H and O–H groups in total. The van der Waals surface area contributed by atoms with Crippen LogP contribution in [0, 0.1) is 0 Å². The lowest BCUT2D eigenvalue weighted by atomic mass is 9.88. The van der Waals surface area contributed by atoms with Gasteiger partial charge in [0.1, 0.15) is 0 Å². The van der Waals surface area contributed by atoms with E-state index < -0.39 is 35.4 Å². The van der Waals surface area contributed by atoms with Crippen molar-refractivity contribution in [3.63, 3.8) is 0 Å². The molecule has 2 aromatic carbocycles. The van der Waals surface area contributed by atoms with Gasteiger partial charge in [-0.25, -0.2) is 14.4 Å². The highest BCUT2D eigenvalue weighted by Gasteiger charge is 2.66. The SMILES string of the molecule is O=C(O[C@]1(C(=O)c2ccccc2)C(=O)OC(=O)[C@H]1O)c1ccccc1. The lowest BCUT2D eigenvalue weighted by Gasteiger charge is -2.25. The maximum absolute atomic E-state index is 12.8. The summed E-state index contributed by atoms with van der Waals surface area (Å²) >= 11 is 0. The summed E-state index contributed by atoms with van der Waals surface area (Å²) in [5.74, 6) is -4.87. The highest BCUT2D eigenvalue weighted by molar-refractivity contribution is 6.24. The Morgan fingerprint density at radius 2 is 1.44 bits per heavy atom. The minimum atomic E-state index is -2.77. The Bertz CT molecular complexity index is 844. The number of carbonyl (C=O) groups excluding carboxylic acids is 4. The molecule has 0 aromatic heterocycles. The van der Waals surface area contributed by atoms with Crippen LogP contribution in [0.3, 0.4) is 0 Å². The third kappa shape index (κ3) is 2.70. The van der Waals surface area contributed by atoms with Gasteiger partial charge in [0.2, 0.25) is 11.9 Å². The van der Waals surface area contributed by atoms with Crippen LogP contribution in [0.2, 0.25) is 0 Å². The summed E-state index contributed by atoms with van der Waals surface area (Å²) < 4.78 is 9.41. The molecule has 7 heteroatoms. The highest BCUT2D eigenvalue weighted by Crippen LogP contribution is 2.31. The van der Waals surface area contributed by atoms with Gasteiger partial charge in [0, 0.05) is 5.56 Å². The molecule has 2 aromatic rings. The average Bonchev–Trinajstić information content (AvgIpc) is 2.86. The maximum Gasteiger partial charge on any atom is 0.370 e. The van der Waals surface area contributed by atoms with Crippen LogP contribution < -0.4 is 0 Å². The monoisotopic (exact) mass is 340 g/mol. The number of ether oxygens (including phenoxy) is 2. The molecule has 0 unspecified atom stereocenters. The van der Waals surface area contributed by atoms with E-state index >= 15 is 0 Å². The third-order valence-electron chi connectivity index (χ3n) is 3.74. The van der Waals surface area contributed by atoms with E-state index in [0.29, 0.717) is 0 Å². The Morgan fingerprint density at radius 3 is 1.92 bits per heavy atom. The van der Waals surface area contributed by atoms with E-state index in [0.717, 1.165) is 0 Å². The Morgan fingerprint density at radius 1 is 0.920 bits per heavy atom. The Balaban J connectivity index is 2.05. The van der Waals surface area contributed by atoms with Gasteiger partial charge in [0.25, 0.3) is 0 Å². The summed E-state index contributed by atoms with van der Waals surface area (Å²) in [7, 11) is 0. The molecule has 0 aliphatic carbocycles. The molecule has 126 valence electrons. The van der Waals surface area contributed by atoms with Gasteiger partial charge in [-0.15, -0.1) is 0 Å². The molecular formula is C18H12O7. The van der Waals surface area contributed by atoms with Crippen LogP contribution in [0.15, 0.2) is 60.7 Å². The van der Waals surface area contributed by atoms with Crippen LogP contribution in [0.25, 0.3) is 0 Å². The first-order valence-corrected chi connectivity index (χ1v) is 7.29. The number of hydrogen-bond donors (Lipinski definition) is 1. The van der Waals surface area contributed by atoms with Crippen LogP contribution in [-0.4, -0.2) is 40.5 Å². The van der Waals surface area contributed by atoms with Crippen molar-refractivity contribution in [1.82, 2.24) is 0 Å². The topological polar surface area (TPSA) is 107 Å². The number of ketones is 1. The Kier molecular flexibility index (Phi) is 4.16. The zero-order valence-corrected chi connectivity index (χ0v) is 12.7. The maximum atomic E-state index is 12.8. The predicted octanol–water partition coefficient (Wildman–Crippen LogP) is 0.909. The average molecular weight is 340 g/mol. The molecule has 0 amide bonds. The number of esters is 3. The second-order valence-electron chi connectivity index (χ2n) is 5.30. The zero-order chi connectivity index (χ0) is 18.0.